The number of piperidine rings is 1. The van der Waals surface area contributed by atoms with Gasteiger partial charge in [0, 0.05) is 19.0 Å². The topological polar surface area (TPSA) is 58.6 Å². The first-order valence-electron chi connectivity index (χ1n) is 15.0. The number of alkyl carbamates (subject to hydrolysis) is 1. The average Bonchev–Trinajstić information content (AvgIpc) is 3.21. The van der Waals surface area contributed by atoms with Gasteiger partial charge in [-0.05, 0) is 118 Å². The van der Waals surface area contributed by atoms with E-state index in [1.54, 1.807) is 0 Å². The van der Waals surface area contributed by atoms with Crippen molar-refractivity contribution < 1.29 is 14.3 Å². The fourth-order valence-corrected chi connectivity index (χ4v) is 9.79. The zero-order chi connectivity index (χ0) is 24.6. The number of rotatable bonds is 6. The number of fused-ring (bicyclic) bond motifs is 5. The monoisotopic (exact) mass is 486 g/mol. The molecule has 0 bridgehead atoms. The van der Waals surface area contributed by atoms with Gasteiger partial charge in [0.25, 0.3) is 0 Å². The Hall–Kier alpha value is -1.10. The lowest BCUT2D eigenvalue weighted by Crippen LogP contribution is -2.53. The van der Waals surface area contributed by atoms with Crippen LogP contribution in [0.4, 0.5) is 4.79 Å². The number of hydrogen-bond acceptors (Lipinski definition) is 4. The maximum absolute atomic E-state index is 13.3. The van der Waals surface area contributed by atoms with Crippen molar-refractivity contribution in [3.8, 4) is 0 Å². The minimum atomic E-state index is -0.434. The first-order chi connectivity index (χ1) is 16.8. The highest BCUT2D eigenvalue weighted by molar-refractivity contribution is 5.85. The number of likely N-dealkylation sites (tertiary alicyclic amines) is 1. The van der Waals surface area contributed by atoms with Crippen LogP contribution in [-0.4, -0.2) is 49.6 Å². The highest BCUT2D eigenvalue weighted by atomic mass is 16.5. The molecule has 3 unspecified atom stereocenters. The molecule has 0 aromatic rings. The van der Waals surface area contributed by atoms with Crippen molar-refractivity contribution >= 4 is 11.9 Å². The quantitative estimate of drug-likeness (QED) is 0.496. The van der Waals surface area contributed by atoms with Crippen molar-refractivity contribution in [2.24, 2.45) is 46.3 Å². The molecule has 198 valence electrons. The summed E-state index contributed by atoms with van der Waals surface area (Å²) in [7, 11) is 0. The van der Waals surface area contributed by atoms with E-state index in [1.165, 1.54) is 70.6 Å². The van der Waals surface area contributed by atoms with Crippen LogP contribution in [0, 0.1) is 46.3 Å². The van der Waals surface area contributed by atoms with Gasteiger partial charge >= 0.3 is 6.09 Å². The maximum Gasteiger partial charge on any atom is 0.407 e. The number of nitrogens with one attached hydrogen (secondary N) is 1. The molecule has 5 aliphatic rings. The van der Waals surface area contributed by atoms with Gasteiger partial charge in [-0.3, -0.25) is 4.79 Å². The zero-order valence-electron chi connectivity index (χ0n) is 22.7. The smallest absolute Gasteiger partial charge is 0.407 e. The van der Waals surface area contributed by atoms with E-state index in [4.69, 9.17) is 4.74 Å². The fraction of sp³-hybridized carbons (Fsp3) is 0.933. The van der Waals surface area contributed by atoms with Crippen LogP contribution in [0.1, 0.15) is 97.8 Å². The maximum atomic E-state index is 13.3. The summed E-state index contributed by atoms with van der Waals surface area (Å²) in [6.45, 7) is 11.1. The number of hydrogen-bond donors (Lipinski definition) is 1. The minimum Gasteiger partial charge on any atom is -0.442 e. The molecule has 0 aromatic carbocycles. The second kappa shape index (κ2) is 10.3. The summed E-state index contributed by atoms with van der Waals surface area (Å²) in [6.07, 6.45) is 15.0. The van der Waals surface area contributed by atoms with Crippen molar-refractivity contribution in [1.82, 2.24) is 10.2 Å². The number of ether oxygens (including phenoxy) is 1. The molecule has 5 rings (SSSR count). The van der Waals surface area contributed by atoms with Crippen LogP contribution in [0.2, 0.25) is 0 Å². The Morgan fingerprint density at radius 2 is 1.66 bits per heavy atom. The van der Waals surface area contributed by atoms with Crippen molar-refractivity contribution in [3.05, 3.63) is 0 Å². The zero-order valence-corrected chi connectivity index (χ0v) is 22.7. The molecule has 4 saturated carbocycles. The summed E-state index contributed by atoms with van der Waals surface area (Å²) in [5.74, 6) is 4.34. The summed E-state index contributed by atoms with van der Waals surface area (Å²) >= 11 is 0. The van der Waals surface area contributed by atoms with Crippen LogP contribution in [-0.2, 0) is 9.53 Å². The Kier molecular flexibility index (Phi) is 7.55. The summed E-state index contributed by atoms with van der Waals surface area (Å²) < 4.78 is 5.42. The lowest BCUT2D eigenvalue weighted by Gasteiger charge is -2.61. The molecular formula is C30H50N2O3. The van der Waals surface area contributed by atoms with Gasteiger partial charge in [0.15, 0.2) is 12.4 Å². The number of carbonyl (C=O) groups is 2. The molecule has 5 heteroatoms. The van der Waals surface area contributed by atoms with Gasteiger partial charge in [-0.15, -0.1) is 0 Å². The van der Waals surface area contributed by atoms with E-state index in [0.717, 1.165) is 49.7 Å². The standard InChI is InChI=1S/C30H50N2O3/c1-21-11-13-29(2)22(19-21)7-8-23-24-9-10-26(30(24,3)14-12-25(23)29)27(33)20-35-28(34)31-15-18-32-16-5-4-6-17-32/h21-26H,4-20H2,1-3H3,(H,31,34)/t21-,22?,23-,24?,25?,26+,29-,30-/m0/s1. The molecule has 0 radical (unpaired) electrons. The number of carbonyl (C=O) groups excluding carboxylic acids is 2. The van der Waals surface area contributed by atoms with Gasteiger partial charge in [0.1, 0.15) is 0 Å². The molecular weight excluding hydrogens is 436 g/mol. The molecule has 0 aromatic heterocycles. The largest absolute Gasteiger partial charge is 0.442 e. The van der Waals surface area contributed by atoms with E-state index in [9.17, 15) is 9.59 Å². The Labute approximate surface area is 213 Å². The van der Waals surface area contributed by atoms with Crippen molar-refractivity contribution in [2.75, 3.05) is 32.8 Å². The molecule has 5 nitrogen and oxygen atoms in total. The molecule has 4 aliphatic carbocycles. The summed E-state index contributed by atoms with van der Waals surface area (Å²) in [4.78, 5) is 27.9. The Balaban J connectivity index is 1.13. The summed E-state index contributed by atoms with van der Waals surface area (Å²) in [5, 5.41) is 2.86. The summed E-state index contributed by atoms with van der Waals surface area (Å²) in [6, 6.07) is 0. The van der Waals surface area contributed by atoms with E-state index in [0.29, 0.717) is 17.9 Å². The molecule has 5 fully saturated rings. The normalized spacial score (nSPS) is 43.5. The van der Waals surface area contributed by atoms with Gasteiger partial charge in [-0.2, -0.15) is 0 Å². The van der Waals surface area contributed by atoms with Crippen LogP contribution >= 0.6 is 0 Å². The van der Waals surface area contributed by atoms with E-state index in [2.05, 4.69) is 31.0 Å². The second-order valence-corrected chi connectivity index (χ2v) is 13.6. The first kappa shape index (κ1) is 25.5. The van der Waals surface area contributed by atoms with Gasteiger partial charge in [-0.1, -0.05) is 33.6 Å². The van der Waals surface area contributed by atoms with Gasteiger partial charge in [0.2, 0.25) is 0 Å². The molecule has 1 amide bonds. The van der Waals surface area contributed by atoms with E-state index in [-0.39, 0.29) is 23.7 Å². The molecule has 8 atom stereocenters. The van der Waals surface area contributed by atoms with Gasteiger partial charge < -0.3 is 15.0 Å². The van der Waals surface area contributed by atoms with Crippen LogP contribution in [0.25, 0.3) is 0 Å². The van der Waals surface area contributed by atoms with Crippen LogP contribution in [0.5, 0.6) is 0 Å². The molecule has 35 heavy (non-hydrogen) atoms. The Morgan fingerprint density at radius 1 is 0.914 bits per heavy atom. The number of amides is 1. The predicted molar refractivity (Wildman–Crippen MR) is 139 cm³/mol. The van der Waals surface area contributed by atoms with E-state index < -0.39 is 6.09 Å². The minimum absolute atomic E-state index is 0.0612. The van der Waals surface area contributed by atoms with Crippen molar-refractivity contribution in [1.29, 1.82) is 0 Å². The highest BCUT2D eigenvalue weighted by Gasteiger charge is 2.61. The van der Waals surface area contributed by atoms with E-state index in [1.807, 2.05) is 0 Å². The third kappa shape index (κ3) is 4.92. The Bertz CT molecular complexity index is 780. The van der Waals surface area contributed by atoms with E-state index >= 15 is 0 Å². The Morgan fingerprint density at radius 3 is 2.46 bits per heavy atom. The van der Waals surface area contributed by atoms with Crippen LogP contribution in [0.3, 0.4) is 0 Å². The number of nitrogens with zero attached hydrogens (tertiary/aromatic N) is 1. The number of Topliss-reactive ketones (excluding diaryl/α,β-unsaturated/α-hetero) is 1. The molecule has 0 spiro atoms. The second-order valence-electron chi connectivity index (χ2n) is 13.6. The first-order valence-corrected chi connectivity index (χ1v) is 15.0. The van der Waals surface area contributed by atoms with Gasteiger partial charge in [0.05, 0.1) is 0 Å². The highest BCUT2D eigenvalue weighted by Crippen LogP contribution is 2.67. The molecule has 1 heterocycles. The third-order valence-corrected chi connectivity index (χ3v) is 11.8. The van der Waals surface area contributed by atoms with Gasteiger partial charge in [-0.25, -0.2) is 4.79 Å². The lowest BCUT2D eigenvalue weighted by atomic mass is 9.44. The molecule has 1 N–H and O–H groups in total. The SMILES string of the molecule is C[C@H]1CC[C@@]2(C)C(CC[C@@H]3C2CC[C@@]2(C)C3CC[C@@H]2C(=O)COC(=O)NCCN2CCCCC2)C1. The molecule has 1 aliphatic heterocycles. The predicted octanol–water partition coefficient (Wildman–Crippen LogP) is 6.06. The third-order valence-electron chi connectivity index (χ3n) is 11.8. The number of ketones is 1. The summed E-state index contributed by atoms with van der Waals surface area (Å²) in [5.41, 5.74) is 0.617. The van der Waals surface area contributed by atoms with Crippen molar-refractivity contribution in [3.63, 3.8) is 0 Å². The molecule has 1 saturated heterocycles. The van der Waals surface area contributed by atoms with Crippen LogP contribution in [0.15, 0.2) is 0 Å². The average molecular weight is 487 g/mol. The fourth-order valence-electron chi connectivity index (χ4n) is 9.79. The lowest BCUT2D eigenvalue weighted by molar-refractivity contribution is -0.139. The van der Waals surface area contributed by atoms with Crippen molar-refractivity contribution in [2.45, 2.75) is 97.8 Å². The van der Waals surface area contributed by atoms with Crippen LogP contribution < -0.4 is 5.32 Å².